The van der Waals surface area contributed by atoms with E-state index in [9.17, 15) is 8.42 Å². The fourth-order valence-electron chi connectivity index (χ4n) is 0.668. The third-order valence-corrected chi connectivity index (χ3v) is 4.51. The van der Waals surface area contributed by atoms with Gasteiger partial charge in [-0.25, -0.2) is 0 Å². The zero-order valence-electron chi connectivity index (χ0n) is 5.61. The molecular weight excluding hydrogens is 175 g/mol. The SMILES string of the molecule is O=[S](=O)([K])c1ccccc1. The maximum atomic E-state index is 10.9. The van der Waals surface area contributed by atoms with Crippen molar-refractivity contribution in [2.45, 2.75) is 4.90 Å². The van der Waals surface area contributed by atoms with E-state index in [4.69, 9.17) is 0 Å². The van der Waals surface area contributed by atoms with Crippen LogP contribution in [0.5, 0.6) is 0 Å². The van der Waals surface area contributed by atoms with Crippen molar-refractivity contribution in [3.63, 3.8) is 0 Å². The summed E-state index contributed by atoms with van der Waals surface area (Å²) in [5.41, 5.74) is 0. The van der Waals surface area contributed by atoms with Crippen molar-refractivity contribution in [2.24, 2.45) is 0 Å². The van der Waals surface area contributed by atoms with Crippen LogP contribution in [0.25, 0.3) is 0 Å². The van der Waals surface area contributed by atoms with Crippen molar-refractivity contribution >= 4 is 48.4 Å². The molecular formula is C6H5KO2S. The van der Waals surface area contributed by atoms with Crippen molar-refractivity contribution in [3.8, 4) is 0 Å². The predicted molar refractivity (Wildman–Crippen MR) is 39.4 cm³/mol. The fraction of sp³-hybridized carbons (Fsp3) is 0. The van der Waals surface area contributed by atoms with E-state index < -0.39 is 1.63 Å². The van der Waals surface area contributed by atoms with E-state index >= 15 is 0 Å². The molecule has 4 heteroatoms. The molecule has 0 bridgehead atoms. The van der Waals surface area contributed by atoms with Crippen LogP contribution in [0.2, 0.25) is 0 Å². The molecule has 0 atom stereocenters. The Hall–Kier alpha value is 0.806. The second kappa shape index (κ2) is 3.47. The predicted octanol–water partition coefficient (Wildman–Crippen LogP) is 0.544. The second-order valence-electron chi connectivity index (χ2n) is 2.09. The Bertz CT molecular complexity index is 304. The molecule has 0 aliphatic rings. The van der Waals surface area contributed by atoms with Gasteiger partial charge in [-0.2, -0.15) is 0 Å². The Kier molecular flexibility index (Phi) is 3.09. The van der Waals surface area contributed by atoms with Crippen LogP contribution >= 0.6 is 0 Å². The second-order valence-corrected chi connectivity index (χ2v) is 9.14. The van der Waals surface area contributed by atoms with Crippen molar-refractivity contribution in [1.82, 2.24) is 0 Å². The summed E-state index contributed by atoms with van der Waals surface area (Å²) in [6.07, 6.45) is 0. The first-order chi connectivity index (χ1) is 4.61. The first kappa shape index (κ1) is 8.90. The van der Waals surface area contributed by atoms with E-state index in [1.165, 1.54) is 0 Å². The topological polar surface area (TPSA) is 34.1 Å². The summed E-state index contributed by atoms with van der Waals surface area (Å²) in [5, 5.41) is 0. The van der Waals surface area contributed by atoms with Crippen molar-refractivity contribution in [3.05, 3.63) is 30.3 Å². The summed E-state index contributed by atoms with van der Waals surface area (Å²) < 4.78 is 19.0. The van der Waals surface area contributed by atoms with Gasteiger partial charge in [0.1, 0.15) is 0 Å². The van der Waals surface area contributed by atoms with Gasteiger partial charge in [-0.15, -0.1) is 0 Å². The van der Waals surface area contributed by atoms with Crippen LogP contribution < -0.4 is 0 Å². The van der Waals surface area contributed by atoms with Crippen LogP contribution in [0.3, 0.4) is 0 Å². The fourth-order valence-corrected chi connectivity index (χ4v) is 2.59. The molecule has 0 aromatic heterocycles. The van der Waals surface area contributed by atoms with Crippen LogP contribution in [0.15, 0.2) is 35.2 Å². The monoisotopic (exact) mass is 180 g/mol. The van der Waals surface area contributed by atoms with Crippen LogP contribution in [-0.2, 0) is 1.63 Å². The van der Waals surface area contributed by atoms with Gasteiger partial charge >= 0.3 is 92.0 Å². The van der Waals surface area contributed by atoms with Gasteiger partial charge in [-0.1, -0.05) is 0 Å². The number of benzene rings is 1. The number of hydrogen-bond acceptors (Lipinski definition) is 2. The summed E-state index contributed by atoms with van der Waals surface area (Å²) in [6, 6.07) is 8.53. The molecule has 0 unspecified atom stereocenters. The van der Waals surface area contributed by atoms with Gasteiger partial charge in [0, 0.05) is 0 Å². The normalized spacial score (nSPS) is 11.4. The molecule has 0 N–H and O–H groups in total. The van der Waals surface area contributed by atoms with Gasteiger partial charge in [-0.3, -0.25) is 0 Å². The third-order valence-electron chi connectivity index (χ3n) is 1.17. The molecule has 10 heavy (non-hydrogen) atoms. The molecule has 0 radical (unpaired) electrons. The molecule has 0 heterocycles. The van der Waals surface area contributed by atoms with Crippen molar-refractivity contribution < 1.29 is 8.42 Å². The average molecular weight is 180 g/mol. The van der Waals surface area contributed by atoms with Crippen molar-refractivity contribution in [1.29, 1.82) is 0 Å². The first-order valence-corrected chi connectivity index (χ1v) is 8.57. The van der Waals surface area contributed by atoms with Crippen molar-refractivity contribution in [2.75, 3.05) is 0 Å². The molecule has 1 aromatic rings. The Balaban J connectivity index is 3.22. The van der Waals surface area contributed by atoms with E-state index in [1.807, 2.05) is 6.07 Å². The Labute approximate surface area is 90.3 Å². The van der Waals surface area contributed by atoms with Gasteiger partial charge < -0.3 is 0 Å². The summed E-state index contributed by atoms with van der Waals surface area (Å²) in [7, 11) is 0. The molecule has 0 saturated heterocycles. The summed E-state index contributed by atoms with van der Waals surface area (Å²) in [4.78, 5) is 0.454. The van der Waals surface area contributed by atoms with Gasteiger partial charge in [0.25, 0.3) is 0 Å². The standard InChI is InChI=1S/C6H5O2S.K/c7-9(8)6-4-2-1-3-5-6;/h1-5H;. The van der Waals surface area contributed by atoms with Gasteiger partial charge in [0.05, 0.1) is 0 Å². The van der Waals surface area contributed by atoms with E-state index in [0.29, 0.717) is 4.90 Å². The summed E-state index contributed by atoms with van der Waals surface area (Å²) in [5.74, 6) is 0. The molecule has 0 spiro atoms. The maximum absolute atomic E-state index is 10.9. The number of rotatable bonds is 1. The molecule has 0 aliphatic heterocycles. The van der Waals surface area contributed by atoms with E-state index in [2.05, 4.69) is 0 Å². The minimum atomic E-state index is -2.82. The molecule has 2 nitrogen and oxygen atoms in total. The van der Waals surface area contributed by atoms with E-state index in [-0.39, 0.29) is 46.7 Å². The zero-order valence-corrected chi connectivity index (χ0v) is 9.55. The van der Waals surface area contributed by atoms with Gasteiger partial charge in [0.2, 0.25) is 0 Å². The van der Waals surface area contributed by atoms with E-state index in [0.717, 1.165) is 0 Å². The average Bonchev–Trinajstić information content (AvgIpc) is 1.88. The molecule has 48 valence electrons. The Morgan fingerprint density at radius 1 is 1.10 bits per heavy atom. The quantitative estimate of drug-likeness (QED) is 0.591. The first-order valence-electron chi connectivity index (χ1n) is 2.86. The third kappa shape index (κ3) is 2.45. The van der Waals surface area contributed by atoms with Crippen LogP contribution in [0.1, 0.15) is 0 Å². The van der Waals surface area contributed by atoms with E-state index in [1.54, 1.807) is 24.3 Å². The summed E-state index contributed by atoms with van der Waals surface area (Å²) in [6.45, 7) is 0. The molecule has 0 fully saturated rings. The molecule has 1 aromatic carbocycles. The molecule has 0 saturated carbocycles. The zero-order chi connectivity index (χ0) is 7.61. The number of hydrogen-bond donors (Lipinski definition) is 0. The minimum absolute atomic E-state index is 0.165. The van der Waals surface area contributed by atoms with Gasteiger partial charge in [-0.05, 0) is 0 Å². The van der Waals surface area contributed by atoms with Crippen LogP contribution in [0, 0.1) is 0 Å². The summed E-state index contributed by atoms with van der Waals surface area (Å²) >= 11 is -0.165. The van der Waals surface area contributed by atoms with Crippen LogP contribution in [-0.4, -0.2) is 55.2 Å². The Morgan fingerprint density at radius 3 is 1.90 bits per heavy atom. The molecule has 1 rings (SSSR count). The molecule has 0 amide bonds. The Morgan fingerprint density at radius 2 is 1.60 bits per heavy atom. The van der Waals surface area contributed by atoms with Crippen LogP contribution in [0.4, 0.5) is 0 Å². The molecule has 0 aliphatic carbocycles. The van der Waals surface area contributed by atoms with Gasteiger partial charge in [0.15, 0.2) is 0 Å².